The van der Waals surface area contributed by atoms with E-state index in [1.165, 1.54) is 11.8 Å². The minimum absolute atomic E-state index is 0.101. The molecular formula is C34H32N4O4S. The monoisotopic (exact) mass is 592 g/mol. The van der Waals surface area contributed by atoms with Crippen molar-refractivity contribution in [2.24, 2.45) is 10.9 Å². The maximum atomic E-state index is 13.0. The number of thioether (sulfide) groups is 1. The van der Waals surface area contributed by atoms with E-state index in [1.807, 2.05) is 109 Å². The Hall–Kier alpha value is -4.63. The van der Waals surface area contributed by atoms with Gasteiger partial charge in [-0.1, -0.05) is 48.5 Å². The first-order chi connectivity index (χ1) is 21.1. The molecule has 0 atom stereocenters. The fourth-order valence-electron chi connectivity index (χ4n) is 5.12. The van der Waals surface area contributed by atoms with E-state index >= 15 is 0 Å². The third kappa shape index (κ3) is 6.73. The Bertz CT molecular complexity index is 1640. The lowest BCUT2D eigenvalue weighted by Gasteiger charge is -2.31. The normalized spacial score (nSPS) is 16.4. The second-order valence-electron chi connectivity index (χ2n) is 10.3. The number of piperidine rings is 1. The quantitative estimate of drug-likeness (QED) is 0.174. The zero-order chi connectivity index (χ0) is 29.6. The zero-order valence-corrected chi connectivity index (χ0v) is 24.7. The number of aromatic nitrogens is 2. The number of ether oxygens (including phenoxy) is 2. The lowest BCUT2D eigenvalue weighted by Crippen LogP contribution is -2.39. The number of nitrogens with zero attached hydrogens (tertiary/aromatic N) is 4. The molecule has 3 heterocycles. The first kappa shape index (κ1) is 28.5. The van der Waals surface area contributed by atoms with E-state index in [0.29, 0.717) is 49.2 Å². The molecule has 43 heavy (non-hydrogen) atoms. The predicted molar refractivity (Wildman–Crippen MR) is 169 cm³/mol. The van der Waals surface area contributed by atoms with Crippen LogP contribution < -0.4 is 4.74 Å². The summed E-state index contributed by atoms with van der Waals surface area (Å²) >= 11 is 1.37. The summed E-state index contributed by atoms with van der Waals surface area (Å²) in [6.07, 6.45) is 5.18. The summed E-state index contributed by atoms with van der Waals surface area (Å²) in [5.74, 6) is 0.255. The molecule has 6 rings (SSSR count). The zero-order valence-electron chi connectivity index (χ0n) is 23.9. The third-order valence-electron chi connectivity index (χ3n) is 7.42. The number of likely N-dealkylation sites (tertiary alicyclic amines) is 1. The van der Waals surface area contributed by atoms with Crippen molar-refractivity contribution in [3.63, 3.8) is 0 Å². The smallest absolute Gasteiger partial charge is 0.309 e. The molecule has 1 fully saturated rings. The Morgan fingerprint density at radius 1 is 0.977 bits per heavy atom. The van der Waals surface area contributed by atoms with Crippen LogP contribution in [0.4, 0.5) is 0 Å². The van der Waals surface area contributed by atoms with E-state index in [4.69, 9.17) is 14.6 Å². The molecular weight excluding hydrogens is 560 g/mol. The molecule has 2 aliphatic rings. The van der Waals surface area contributed by atoms with Crippen LogP contribution in [0.1, 0.15) is 30.9 Å². The van der Waals surface area contributed by atoms with Crippen LogP contribution in [0.25, 0.3) is 23.0 Å². The second-order valence-corrected chi connectivity index (χ2v) is 11.3. The molecule has 0 bridgehead atoms. The minimum Gasteiger partial charge on any atom is -0.489 e. The number of hydrogen-bond acceptors (Lipinski definition) is 7. The Morgan fingerprint density at radius 3 is 2.37 bits per heavy atom. The van der Waals surface area contributed by atoms with Gasteiger partial charge in [-0.05, 0) is 79.6 Å². The van der Waals surface area contributed by atoms with Gasteiger partial charge in [-0.15, -0.1) is 0 Å². The highest BCUT2D eigenvalue weighted by molar-refractivity contribution is 8.18. The van der Waals surface area contributed by atoms with Crippen LogP contribution in [0.15, 0.2) is 101 Å². The van der Waals surface area contributed by atoms with Gasteiger partial charge in [0.1, 0.15) is 12.4 Å². The fourth-order valence-corrected chi connectivity index (χ4v) is 6.08. The van der Waals surface area contributed by atoms with Crippen molar-refractivity contribution in [2.75, 3.05) is 19.7 Å². The fraction of sp³-hybridized carbons (Fsp3) is 0.235. The van der Waals surface area contributed by atoms with Gasteiger partial charge in [0.2, 0.25) is 0 Å². The summed E-state index contributed by atoms with van der Waals surface area (Å²) in [6.45, 7) is 4.02. The highest BCUT2D eigenvalue weighted by Gasteiger charge is 2.32. The average molecular weight is 593 g/mol. The number of carbonyl (C=O) groups excluding carboxylic acids is 2. The van der Waals surface area contributed by atoms with Crippen molar-refractivity contribution in [1.82, 2.24) is 14.7 Å². The highest BCUT2D eigenvalue weighted by atomic mass is 32.2. The molecule has 0 radical (unpaired) electrons. The van der Waals surface area contributed by atoms with Crippen LogP contribution in [0.5, 0.6) is 5.75 Å². The summed E-state index contributed by atoms with van der Waals surface area (Å²) in [7, 11) is 0. The van der Waals surface area contributed by atoms with Crippen LogP contribution in [0.3, 0.4) is 0 Å². The van der Waals surface area contributed by atoms with Crippen LogP contribution >= 0.6 is 11.8 Å². The van der Waals surface area contributed by atoms with E-state index in [-0.39, 0.29) is 17.8 Å². The number of amidine groups is 1. The van der Waals surface area contributed by atoms with Crippen molar-refractivity contribution in [3.05, 3.63) is 107 Å². The minimum atomic E-state index is -0.268. The van der Waals surface area contributed by atoms with Gasteiger partial charge in [-0.3, -0.25) is 9.59 Å². The standard InChI is InChI=1S/C34H32N4O4S/c1-2-41-33(40)26-17-19-37(20-18-26)34-35-32(39)30(43-34)21-27-22-38(28-11-7-4-8-12-28)36-31(27)25-13-15-29(16-14-25)42-23-24-9-5-3-6-10-24/h3-16,21-22,26H,2,17-20,23H2,1H3/b30-21-. The van der Waals surface area contributed by atoms with Crippen LogP contribution in [-0.4, -0.2) is 51.4 Å². The Labute approximate surface area is 255 Å². The molecule has 0 spiro atoms. The molecule has 4 aromatic rings. The average Bonchev–Trinajstić information content (AvgIpc) is 3.65. The van der Waals surface area contributed by atoms with E-state index in [9.17, 15) is 9.59 Å². The van der Waals surface area contributed by atoms with Gasteiger partial charge in [0.05, 0.1) is 28.8 Å². The van der Waals surface area contributed by atoms with Crippen molar-refractivity contribution in [3.8, 4) is 22.7 Å². The summed E-state index contributed by atoms with van der Waals surface area (Å²) < 4.78 is 13.0. The number of aliphatic imine (C=N–C) groups is 1. The molecule has 0 saturated carbocycles. The summed E-state index contributed by atoms with van der Waals surface area (Å²) in [5, 5.41) is 5.59. The van der Waals surface area contributed by atoms with Gasteiger partial charge in [0, 0.05) is 30.4 Å². The number of hydrogen-bond donors (Lipinski definition) is 0. The molecule has 1 aromatic heterocycles. The largest absolute Gasteiger partial charge is 0.489 e. The van der Waals surface area contributed by atoms with Gasteiger partial charge in [-0.25, -0.2) is 4.68 Å². The van der Waals surface area contributed by atoms with Crippen molar-refractivity contribution >= 4 is 34.9 Å². The molecule has 8 nitrogen and oxygen atoms in total. The summed E-state index contributed by atoms with van der Waals surface area (Å²) in [6, 6.07) is 27.8. The number of benzene rings is 3. The van der Waals surface area contributed by atoms with Crippen LogP contribution in [0.2, 0.25) is 0 Å². The first-order valence-electron chi connectivity index (χ1n) is 14.4. The lowest BCUT2D eigenvalue weighted by molar-refractivity contribution is -0.149. The molecule has 1 saturated heterocycles. The molecule has 218 valence electrons. The van der Waals surface area contributed by atoms with Gasteiger partial charge < -0.3 is 14.4 Å². The number of carbonyl (C=O) groups is 2. The van der Waals surface area contributed by atoms with Gasteiger partial charge in [0.15, 0.2) is 5.17 Å². The Kier molecular flexibility index (Phi) is 8.70. The SMILES string of the molecule is CCOC(=O)C1CCN(C2=NC(=O)/C(=C/c3cn(-c4ccccc4)nc3-c3ccc(OCc4ccccc4)cc3)S2)CC1. The maximum absolute atomic E-state index is 13.0. The molecule has 0 unspecified atom stereocenters. The second kappa shape index (κ2) is 13.1. The molecule has 0 aliphatic carbocycles. The highest BCUT2D eigenvalue weighted by Crippen LogP contribution is 2.35. The first-order valence-corrected chi connectivity index (χ1v) is 15.3. The predicted octanol–water partition coefficient (Wildman–Crippen LogP) is 6.36. The molecule has 3 aromatic carbocycles. The van der Waals surface area contributed by atoms with E-state index in [2.05, 4.69) is 9.89 Å². The van der Waals surface area contributed by atoms with Gasteiger partial charge in [-0.2, -0.15) is 10.1 Å². The molecule has 2 aliphatic heterocycles. The van der Waals surface area contributed by atoms with E-state index < -0.39 is 0 Å². The lowest BCUT2D eigenvalue weighted by atomic mass is 9.97. The summed E-state index contributed by atoms with van der Waals surface area (Å²) in [4.78, 5) is 32.2. The van der Waals surface area contributed by atoms with Crippen LogP contribution in [0, 0.1) is 5.92 Å². The van der Waals surface area contributed by atoms with Crippen molar-refractivity contribution in [1.29, 1.82) is 0 Å². The van der Waals surface area contributed by atoms with Crippen LogP contribution in [-0.2, 0) is 20.9 Å². The number of rotatable bonds is 8. The number of amides is 1. The summed E-state index contributed by atoms with van der Waals surface area (Å²) in [5.41, 5.74) is 4.50. The van der Waals surface area contributed by atoms with Gasteiger partial charge >= 0.3 is 5.97 Å². The van der Waals surface area contributed by atoms with Crippen molar-refractivity contribution < 1.29 is 19.1 Å². The maximum Gasteiger partial charge on any atom is 0.309 e. The van der Waals surface area contributed by atoms with E-state index in [0.717, 1.165) is 33.8 Å². The molecule has 9 heteroatoms. The topological polar surface area (TPSA) is 86.0 Å². The third-order valence-corrected chi connectivity index (χ3v) is 8.47. The Morgan fingerprint density at radius 2 is 1.67 bits per heavy atom. The van der Waals surface area contributed by atoms with Gasteiger partial charge in [0.25, 0.3) is 5.91 Å². The van der Waals surface area contributed by atoms with Crippen molar-refractivity contribution in [2.45, 2.75) is 26.4 Å². The number of esters is 1. The number of para-hydroxylation sites is 1. The van der Waals surface area contributed by atoms with E-state index in [1.54, 1.807) is 0 Å². The Balaban J connectivity index is 1.21. The molecule has 0 N–H and O–H groups in total. The molecule has 1 amide bonds.